The summed E-state index contributed by atoms with van der Waals surface area (Å²) in [6.07, 6.45) is 3.68. The van der Waals surface area contributed by atoms with Crippen LogP contribution in [0.3, 0.4) is 0 Å². The molecule has 3 aromatic carbocycles. The van der Waals surface area contributed by atoms with Crippen LogP contribution in [0.4, 0.5) is 0 Å². The maximum atomic E-state index is 13.7. The van der Waals surface area contributed by atoms with Crippen molar-refractivity contribution in [2.45, 2.75) is 38.5 Å². The normalized spacial score (nSPS) is 11.0. The summed E-state index contributed by atoms with van der Waals surface area (Å²) in [6.45, 7) is 4.05. The average Bonchev–Trinajstić information content (AvgIpc) is 3.24. The SMILES string of the molecule is C=C(Cc1ccccc1)Oc1ccc2c(C(=O)c3cc(I)c(O)c(I)c3)c(CCCCCC(N)=O)oc2c1. The lowest BCUT2D eigenvalue weighted by Gasteiger charge is -2.09. The highest BCUT2D eigenvalue weighted by molar-refractivity contribution is 14.1. The van der Waals surface area contributed by atoms with Crippen LogP contribution in [0.1, 0.15) is 52.9 Å². The Morgan fingerprint density at radius 2 is 1.68 bits per heavy atom. The van der Waals surface area contributed by atoms with Crippen LogP contribution < -0.4 is 10.5 Å². The van der Waals surface area contributed by atoms with Gasteiger partial charge < -0.3 is 20.0 Å². The van der Waals surface area contributed by atoms with Gasteiger partial charge >= 0.3 is 0 Å². The summed E-state index contributed by atoms with van der Waals surface area (Å²) in [4.78, 5) is 24.8. The standard InChI is InChI=1S/C30H27I2NO5/c1-18(14-19-8-4-2-5-9-19)37-21-12-13-22-26(17-21)38-25(10-6-3-7-11-27(33)34)28(22)29(35)20-15-23(31)30(36)24(32)16-20/h2,4-5,8-9,12-13,15-17,36H,1,3,6-7,10-11,14H2,(H2,33,34). The number of primary amides is 1. The van der Waals surface area contributed by atoms with Crippen molar-refractivity contribution in [1.29, 1.82) is 0 Å². The maximum absolute atomic E-state index is 13.7. The predicted octanol–water partition coefficient (Wildman–Crippen LogP) is 7.30. The molecule has 3 N–H and O–H groups in total. The Morgan fingerprint density at radius 3 is 2.37 bits per heavy atom. The monoisotopic (exact) mass is 735 g/mol. The van der Waals surface area contributed by atoms with E-state index in [1.807, 2.05) is 87.6 Å². The number of ketones is 1. The van der Waals surface area contributed by atoms with E-state index in [1.165, 1.54) is 0 Å². The molecule has 0 radical (unpaired) electrons. The van der Waals surface area contributed by atoms with Gasteiger partial charge in [-0.25, -0.2) is 0 Å². The number of nitrogens with two attached hydrogens (primary N) is 1. The fraction of sp³-hybridized carbons (Fsp3) is 0.200. The molecule has 0 aliphatic heterocycles. The van der Waals surface area contributed by atoms with Gasteiger partial charge in [0.1, 0.15) is 28.6 Å². The van der Waals surface area contributed by atoms with Crippen LogP contribution in [-0.2, 0) is 17.6 Å². The number of phenolic OH excluding ortho intramolecular Hbond substituents is 1. The maximum Gasteiger partial charge on any atom is 0.217 e. The van der Waals surface area contributed by atoms with Gasteiger partial charge in [-0.15, -0.1) is 0 Å². The van der Waals surface area contributed by atoms with Crippen LogP contribution in [0.2, 0.25) is 0 Å². The van der Waals surface area contributed by atoms with E-state index < -0.39 is 0 Å². The first kappa shape index (κ1) is 28.2. The lowest BCUT2D eigenvalue weighted by molar-refractivity contribution is -0.118. The Bertz CT molecular complexity index is 1470. The Balaban J connectivity index is 1.63. The van der Waals surface area contributed by atoms with Crippen molar-refractivity contribution >= 4 is 67.8 Å². The van der Waals surface area contributed by atoms with Gasteiger partial charge in [-0.3, -0.25) is 9.59 Å². The molecule has 0 unspecified atom stereocenters. The number of phenols is 1. The molecule has 1 amide bonds. The van der Waals surface area contributed by atoms with E-state index >= 15 is 0 Å². The van der Waals surface area contributed by atoms with Crippen LogP contribution >= 0.6 is 45.2 Å². The van der Waals surface area contributed by atoms with Crippen molar-refractivity contribution in [2.24, 2.45) is 5.73 Å². The van der Waals surface area contributed by atoms with Crippen molar-refractivity contribution in [3.63, 3.8) is 0 Å². The number of benzene rings is 3. The number of amides is 1. The Hall–Kier alpha value is -2.86. The highest BCUT2D eigenvalue weighted by Gasteiger charge is 2.24. The topological polar surface area (TPSA) is 103 Å². The molecule has 0 aliphatic carbocycles. The lowest BCUT2D eigenvalue weighted by Crippen LogP contribution is -2.09. The zero-order chi connectivity index (χ0) is 27.2. The van der Waals surface area contributed by atoms with E-state index in [0.717, 1.165) is 18.4 Å². The number of furan rings is 1. The van der Waals surface area contributed by atoms with Gasteiger partial charge in [0.05, 0.1) is 12.7 Å². The predicted molar refractivity (Wildman–Crippen MR) is 164 cm³/mol. The Morgan fingerprint density at radius 1 is 0.974 bits per heavy atom. The number of unbranched alkanes of at least 4 members (excludes halogenated alkanes) is 2. The van der Waals surface area contributed by atoms with Crippen molar-refractivity contribution < 1.29 is 23.8 Å². The second-order valence-corrected chi connectivity index (χ2v) is 11.3. The van der Waals surface area contributed by atoms with E-state index in [1.54, 1.807) is 18.2 Å². The van der Waals surface area contributed by atoms with Gasteiger partial charge in [-0.05, 0) is 87.9 Å². The molecular weight excluding hydrogens is 708 g/mol. The second kappa shape index (κ2) is 12.8. The number of hydrogen-bond acceptors (Lipinski definition) is 5. The second-order valence-electron chi connectivity index (χ2n) is 9.01. The van der Waals surface area contributed by atoms with E-state index in [2.05, 4.69) is 6.58 Å². The first-order chi connectivity index (χ1) is 18.2. The van der Waals surface area contributed by atoms with E-state index in [9.17, 15) is 14.7 Å². The molecule has 0 saturated carbocycles. The molecule has 4 aromatic rings. The number of aromatic hydroxyl groups is 1. The third-order valence-electron chi connectivity index (χ3n) is 6.07. The number of allylic oxidation sites excluding steroid dienone is 1. The van der Waals surface area contributed by atoms with Crippen LogP contribution in [0.25, 0.3) is 11.0 Å². The molecule has 1 aromatic heterocycles. The first-order valence-electron chi connectivity index (χ1n) is 12.2. The van der Waals surface area contributed by atoms with Crippen LogP contribution in [0.15, 0.2) is 77.4 Å². The largest absolute Gasteiger partial charge is 0.506 e. The molecule has 4 rings (SSSR count). The number of carbonyl (C=O) groups is 2. The number of halogens is 2. The van der Waals surface area contributed by atoms with Gasteiger partial charge in [0, 0.05) is 36.3 Å². The van der Waals surface area contributed by atoms with E-state index in [-0.39, 0.29) is 17.4 Å². The third kappa shape index (κ3) is 6.96. The highest BCUT2D eigenvalue weighted by Crippen LogP contribution is 2.34. The number of ether oxygens (including phenoxy) is 1. The highest BCUT2D eigenvalue weighted by atomic mass is 127. The fourth-order valence-corrected chi connectivity index (χ4v) is 6.01. The third-order valence-corrected chi connectivity index (χ3v) is 7.72. The van der Waals surface area contributed by atoms with Crippen molar-refractivity contribution in [3.05, 3.63) is 103 Å². The molecule has 0 saturated heterocycles. The van der Waals surface area contributed by atoms with Gasteiger partial charge in [0.25, 0.3) is 0 Å². The molecular formula is C30H27I2NO5. The van der Waals surface area contributed by atoms with Gasteiger partial charge in [-0.1, -0.05) is 43.3 Å². The van der Waals surface area contributed by atoms with Gasteiger partial charge in [0.2, 0.25) is 5.91 Å². The van der Waals surface area contributed by atoms with E-state index in [4.69, 9.17) is 14.9 Å². The van der Waals surface area contributed by atoms with Crippen molar-refractivity contribution in [2.75, 3.05) is 0 Å². The molecule has 6 nitrogen and oxygen atoms in total. The number of carbonyl (C=O) groups excluding carboxylic acids is 2. The molecule has 0 bridgehead atoms. The molecule has 38 heavy (non-hydrogen) atoms. The number of hydrogen-bond donors (Lipinski definition) is 2. The number of fused-ring (bicyclic) bond motifs is 1. The lowest BCUT2D eigenvalue weighted by atomic mass is 9.98. The minimum Gasteiger partial charge on any atom is -0.506 e. The summed E-state index contributed by atoms with van der Waals surface area (Å²) < 4.78 is 13.4. The van der Waals surface area contributed by atoms with E-state index in [0.29, 0.717) is 72.2 Å². The zero-order valence-electron chi connectivity index (χ0n) is 20.6. The minimum atomic E-state index is -0.317. The summed E-state index contributed by atoms with van der Waals surface area (Å²) in [6, 6.07) is 18.7. The molecule has 0 atom stereocenters. The quantitative estimate of drug-likeness (QED) is 0.0689. The Labute approximate surface area is 248 Å². The summed E-state index contributed by atoms with van der Waals surface area (Å²) in [5, 5.41) is 10.9. The average molecular weight is 735 g/mol. The Kier molecular flexibility index (Phi) is 9.48. The molecule has 8 heteroatoms. The first-order valence-corrected chi connectivity index (χ1v) is 14.3. The summed E-state index contributed by atoms with van der Waals surface area (Å²) in [5.74, 6) is 1.43. The van der Waals surface area contributed by atoms with Crippen molar-refractivity contribution in [1.82, 2.24) is 0 Å². The van der Waals surface area contributed by atoms with Gasteiger partial charge in [0.15, 0.2) is 5.78 Å². The fourth-order valence-electron chi connectivity index (χ4n) is 4.24. The molecule has 0 fully saturated rings. The minimum absolute atomic E-state index is 0.159. The number of aryl methyl sites for hydroxylation is 1. The zero-order valence-corrected chi connectivity index (χ0v) is 25.0. The number of rotatable bonds is 12. The van der Waals surface area contributed by atoms with Crippen LogP contribution in [0.5, 0.6) is 11.5 Å². The van der Waals surface area contributed by atoms with Crippen molar-refractivity contribution in [3.8, 4) is 11.5 Å². The van der Waals surface area contributed by atoms with Gasteiger partial charge in [-0.2, -0.15) is 0 Å². The van der Waals surface area contributed by atoms with Crippen LogP contribution in [-0.4, -0.2) is 16.8 Å². The summed E-state index contributed by atoms with van der Waals surface area (Å²) >= 11 is 4.04. The molecule has 0 aliphatic rings. The smallest absolute Gasteiger partial charge is 0.217 e. The summed E-state index contributed by atoms with van der Waals surface area (Å²) in [7, 11) is 0. The van der Waals surface area contributed by atoms with Crippen LogP contribution in [0, 0.1) is 7.14 Å². The molecule has 0 spiro atoms. The molecule has 196 valence electrons. The molecule has 1 heterocycles. The summed E-state index contributed by atoms with van der Waals surface area (Å²) in [5.41, 5.74) is 7.88.